The van der Waals surface area contributed by atoms with Crippen molar-refractivity contribution >= 4 is 22.9 Å². The SMILES string of the molecule is COc1cc(C(C)(O)c2sccc2C)ccc1Cl. The first-order valence-corrected chi connectivity index (χ1v) is 6.83. The van der Waals surface area contributed by atoms with Crippen LogP contribution in [-0.2, 0) is 5.60 Å². The quantitative estimate of drug-likeness (QED) is 0.923. The van der Waals surface area contributed by atoms with Gasteiger partial charge in [0.15, 0.2) is 0 Å². The fraction of sp³-hybridized carbons (Fsp3) is 0.286. The Hall–Kier alpha value is -1.03. The molecule has 0 fully saturated rings. The van der Waals surface area contributed by atoms with Crippen LogP contribution in [-0.4, -0.2) is 12.2 Å². The summed E-state index contributed by atoms with van der Waals surface area (Å²) in [5.41, 5.74) is 0.823. The number of halogens is 1. The zero-order valence-electron chi connectivity index (χ0n) is 10.5. The molecule has 4 heteroatoms. The van der Waals surface area contributed by atoms with Gasteiger partial charge in [-0.05, 0) is 48.6 Å². The lowest BCUT2D eigenvalue weighted by Crippen LogP contribution is -2.22. The van der Waals surface area contributed by atoms with Crippen molar-refractivity contribution in [2.75, 3.05) is 7.11 Å². The van der Waals surface area contributed by atoms with Crippen LogP contribution in [0.15, 0.2) is 29.6 Å². The molecule has 0 aliphatic rings. The predicted octanol–water partition coefficient (Wildman–Crippen LogP) is 3.97. The summed E-state index contributed by atoms with van der Waals surface area (Å²) in [4.78, 5) is 0.937. The van der Waals surface area contributed by atoms with Gasteiger partial charge in [-0.15, -0.1) is 11.3 Å². The van der Waals surface area contributed by atoms with Crippen LogP contribution < -0.4 is 4.74 Å². The van der Waals surface area contributed by atoms with E-state index >= 15 is 0 Å². The number of hydrogen-bond acceptors (Lipinski definition) is 3. The van der Waals surface area contributed by atoms with Crippen molar-refractivity contribution in [2.45, 2.75) is 19.4 Å². The molecule has 1 N–H and O–H groups in total. The normalized spacial score (nSPS) is 14.3. The maximum Gasteiger partial charge on any atom is 0.137 e. The lowest BCUT2D eigenvalue weighted by molar-refractivity contribution is 0.105. The summed E-state index contributed by atoms with van der Waals surface area (Å²) in [7, 11) is 1.57. The Balaban J connectivity index is 2.51. The predicted molar refractivity (Wildman–Crippen MR) is 75.7 cm³/mol. The van der Waals surface area contributed by atoms with E-state index in [1.165, 1.54) is 0 Å². The van der Waals surface area contributed by atoms with E-state index in [0.29, 0.717) is 10.8 Å². The van der Waals surface area contributed by atoms with Crippen LogP contribution in [0.5, 0.6) is 5.75 Å². The molecule has 0 spiro atoms. The van der Waals surface area contributed by atoms with E-state index in [0.717, 1.165) is 16.0 Å². The van der Waals surface area contributed by atoms with E-state index in [9.17, 15) is 5.11 Å². The van der Waals surface area contributed by atoms with Gasteiger partial charge in [0.25, 0.3) is 0 Å². The molecule has 2 nitrogen and oxygen atoms in total. The zero-order valence-corrected chi connectivity index (χ0v) is 12.1. The summed E-state index contributed by atoms with van der Waals surface area (Å²) in [6, 6.07) is 7.35. The van der Waals surface area contributed by atoms with Gasteiger partial charge >= 0.3 is 0 Å². The average Bonchev–Trinajstić information content (AvgIpc) is 2.76. The van der Waals surface area contributed by atoms with E-state index in [1.807, 2.05) is 24.4 Å². The van der Waals surface area contributed by atoms with Crippen molar-refractivity contribution in [3.8, 4) is 5.75 Å². The third-order valence-corrected chi connectivity index (χ3v) is 4.56. The minimum Gasteiger partial charge on any atom is -0.495 e. The average molecular weight is 283 g/mol. The number of hydrogen-bond donors (Lipinski definition) is 1. The number of methoxy groups -OCH3 is 1. The van der Waals surface area contributed by atoms with Gasteiger partial charge in [-0.25, -0.2) is 0 Å². The molecule has 1 atom stereocenters. The summed E-state index contributed by atoms with van der Waals surface area (Å²) in [6.45, 7) is 3.78. The van der Waals surface area contributed by atoms with Crippen molar-refractivity contribution < 1.29 is 9.84 Å². The molecule has 18 heavy (non-hydrogen) atoms. The molecule has 0 bridgehead atoms. The largest absolute Gasteiger partial charge is 0.495 e. The Morgan fingerprint density at radius 2 is 2.06 bits per heavy atom. The lowest BCUT2D eigenvalue weighted by Gasteiger charge is -2.24. The monoisotopic (exact) mass is 282 g/mol. The maximum atomic E-state index is 10.7. The van der Waals surface area contributed by atoms with Crippen molar-refractivity contribution in [1.29, 1.82) is 0 Å². The summed E-state index contributed by atoms with van der Waals surface area (Å²) in [5, 5.41) is 13.3. The van der Waals surface area contributed by atoms with E-state index in [-0.39, 0.29) is 0 Å². The Labute approximate surface area is 116 Å². The van der Waals surface area contributed by atoms with Gasteiger partial charge in [0, 0.05) is 4.88 Å². The number of aryl methyl sites for hydroxylation is 1. The summed E-state index contributed by atoms with van der Waals surface area (Å²) in [5.74, 6) is 0.573. The highest BCUT2D eigenvalue weighted by Gasteiger charge is 2.29. The smallest absolute Gasteiger partial charge is 0.137 e. The van der Waals surface area contributed by atoms with Crippen LogP contribution in [0.25, 0.3) is 0 Å². The molecule has 0 amide bonds. The summed E-state index contributed by atoms with van der Waals surface area (Å²) in [6.07, 6.45) is 0. The standard InChI is InChI=1S/C14H15ClO2S/c1-9-6-7-18-13(9)14(2,16)10-4-5-11(15)12(8-10)17-3/h4-8,16H,1-3H3. The van der Waals surface area contributed by atoms with Crippen LogP contribution in [0, 0.1) is 6.92 Å². The van der Waals surface area contributed by atoms with Gasteiger partial charge in [-0.1, -0.05) is 17.7 Å². The second-order valence-electron chi connectivity index (χ2n) is 4.35. The van der Waals surface area contributed by atoms with Crippen molar-refractivity contribution in [1.82, 2.24) is 0 Å². The third-order valence-electron chi connectivity index (χ3n) is 3.02. The molecule has 96 valence electrons. The Bertz CT molecular complexity index is 561. The van der Waals surface area contributed by atoms with Gasteiger partial charge in [0.2, 0.25) is 0 Å². The van der Waals surface area contributed by atoms with E-state index < -0.39 is 5.60 Å². The van der Waals surface area contributed by atoms with Crippen LogP contribution >= 0.6 is 22.9 Å². The Morgan fingerprint density at radius 3 is 2.61 bits per heavy atom. The Morgan fingerprint density at radius 1 is 1.33 bits per heavy atom. The number of aliphatic hydroxyl groups is 1. The first kappa shape index (κ1) is 13.4. The second-order valence-corrected chi connectivity index (χ2v) is 5.68. The third kappa shape index (κ3) is 2.26. The molecule has 0 saturated carbocycles. The lowest BCUT2D eigenvalue weighted by atomic mass is 9.92. The summed E-state index contributed by atoms with van der Waals surface area (Å²) < 4.78 is 5.19. The number of ether oxygens (including phenoxy) is 1. The molecule has 2 aromatic rings. The molecule has 2 rings (SSSR count). The number of benzene rings is 1. The van der Waals surface area contributed by atoms with Crippen molar-refractivity contribution in [3.05, 3.63) is 50.7 Å². The first-order chi connectivity index (χ1) is 8.46. The van der Waals surface area contributed by atoms with Crippen LogP contribution in [0.3, 0.4) is 0 Å². The van der Waals surface area contributed by atoms with Gasteiger partial charge in [-0.3, -0.25) is 0 Å². The molecule has 1 unspecified atom stereocenters. The fourth-order valence-corrected chi connectivity index (χ4v) is 3.17. The highest BCUT2D eigenvalue weighted by atomic mass is 35.5. The van der Waals surface area contributed by atoms with E-state index in [4.69, 9.17) is 16.3 Å². The molecule has 0 aliphatic heterocycles. The molecule has 1 aromatic carbocycles. The topological polar surface area (TPSA) is 29.5 Å². The first-order valence-electron chi connectivity index (χ1n) is 5.57. The Kier molecular flexibility index (Phi) is 3.66. The maximum absolute atomic E-state index is 10.7. The molecule has 1 aromatic heterocycles. The minimum atomic E-state index is -1.03. The second kappa shape index (κ2) is 4.92. The fourth-order valence-electron chi connectivity index (χ4n) is 1.97. The van der Waals surface area contributed by atoms with Gasteiger partial charge in [-0.2, -0.15) is 0 Å². The van der Waals surface area contributed by atoms with Crippen LogP contribution in [0.1, 0.15) is 22.9 Å². The highest BCUT2D eigenvalue weighted by Crippen LogP contribution is 2.37. The molecular weight excluding hydrogens is 268 g/mol. The van der Waals surface area contributed by atoms with E-state index in [2.05, 4.69) is 0 Å². The van der Waals surface area contributed by atoms with Gasteiger partial charge < -0.3 is 9.84 Å². The molecule has 1 heterocycles. The number of thiophene rings is 1. The van der Waals surface area contributed by atoms with Crippen LogP contribution in [0.4, 0.5) is 0 Å². The highest BCUT2D eigenvalue weighted by molar-refractivity contribution is 7.10. The molecule has 0 saturated heterocycles. The van der Waals surface area contributed by atoms with Gasteiger partial charge in [0.05, 0.1) is 12.1 Å². The van der Waals surface area contributed by atoms with Gasteiger partial charge in [0.1, 0.15) is 11.4 Å². The zero-order chi connectivity index (χ0) is 13.3. The summed E-state index contributed by atoms with van der Waals surface area (Å²) >= 11 is 7.54. The van der Waals surface area contributed by atoms with Crippen molar-refractivity contribution in [2.24, 2.45) is 0 Å². The molecular formula is C14H15ClO2S. The van der Waals surface area contributed by atoms with Crippen LogP contribution in [0.2, 0.25) is 5.02 Å². The van der Waals surface area contributed by atoms with Crippen molar-refractivity contribution in [3.63, 3.8) is 0 Å². The van der Waals surface area contributed by atoms with E-state index in [1.54, 1.807) is 37.5 Å². The molecule has 0 radical (unpaired) electrons. The number of rotatable bonds is 3. The molecule has 0 aliphatic carbocycles. The minimum absolute atomic E-state index is 0.542.